The van der Waals surface area contributed by atoms with Gasteiger partial charge < -0.3 is 4.74 Å². The summed E-state index contributed by atoms with van der Waals surface area (Å²) in [5.74, 6) is 1.56. The van der Waals surface area contributed by atoms with E-state index in [0.29, 0.717) is 36.4 Å². The van der Waals surface area contributed by atoms with Crippen molar-refractivity contribution in [2.75, 3.05) is 19.7 Å². The molecule has 1 saturated heterocycles. The zero-order chi connectivity index (χ0) is 16.9. The maximum atomic E-state index is 12.8. The van der Waals surface area contributed by atoms with Crippen LogP contribution in [-0.2, 0) is 10.0 Å². The summed E-state index contributed by atoms with van der Waals surface area (Å²) in [5.41, 5.74) is 0. The Morgan fingerprint density at radius 2 is 1.70 bits per heavy atom. The van der Waals surface area contributed by atoms with Gasteiger partial charge in [-0.05, 0) is 48.9 Å². The number of benzene rings is 1. The highest BCUT2D eigenvalue weighted by molar-refractivity contribution is 7.89. The van der Waals surface area contributed by atoms with Crippen LogP contribution in [0.2, 0.25) is 0 Å². The maximum Gasteiger partial charge on any atom is 0.243 e. The van der Waals surface area contributed by atoms with E-state index in [1.54, 1.807) is 28.6 Å². The third kappa shape index (κ3) is 4.95. The molecule has 23 heavy (non-hydrogen) atoms. The number of piperidine rings is 1. The van der Waals surface area contributed by atoms with Crippen molar-refractivity contribution in [3.05, 3.63) is 24.3 Å². The molecule has 0 radical (unpaired) electrons. The third-order valence-corrected chi connectivity index (χ3v) is 6.16. The number of rotatable bonds is 7. The molecule has 0 bridgehead atoms. The van der Waals surface area contributed by atoms with Gasteiger partial charge in [0.1, 0.15) is 5.75 Å². The first kappa shape index (κ1) is 18.3. The zero-order valence-electron chi connectivity index (χ0n) is 14.5. The molecule has 0 N–H and O–H groups in total. The van der Waals surface area contributed by atoms with Crippen LogP contribution in [-0.4, -0.2) is 32.4 Å². The molecule has 1 aromatic carbocycles. The average molecular weight is 340 g/mol. The second-order valence-corrected chi connectivity index (χ2v) is 8.73. The summed E-state index contributed by atoms with van der Waals surface area (Å²) in [6.07, 6.45) is 4.43. The highest BCUT2D eigenvalue weighted by Crippen LogP contribution is 2.27. The fourth-order valence-corrected chi connectivity index (χ4v) is 4.88. The second kappa shape index (κ2) is 8.15. The van der Waals surface area contributed by atoms with E-state index in [9.17, 15) is 8.42 Å². The van der Waals surface area contributed by atoms with Gasteiger partial charge in [-0.3, -0.25) is 0 Å². The molecular formula is C18H29NO3S. The van der Waals surface area contributed by atoms with Crippen molar-refractivity contribution in [3.63, 3.8) is 0 Å². The number of sulfonamides is 1. The van der Waals surface area contributed by atoms with Crippen LogP contribution in [0.15, 0.2) is 29.2 Å². The lowest BCUT2D eigenvalue weighted by Gasteiger charge is -2.34. The summed E-state index contributed by atoms with van der Waals surface area (Å²) in [6, 6.07) is 6.84. The fraction of sp³-hybridized carbons (Fsp3) is 0.667. The van der Waals surface area contributed by atoms with Crippen molar-refractivity contribution in [1.29, 1.82) is 0 Å². The summed E-state index contributed by atoms with van der Waals surface area (Å²) in [4.78, 5) is 0.361. The first-order valence-electron chi connectivity index (χ1n) is 8.66. The predicted molar refractivity (Wildman–Crippen MR) is 93.2 cm³/mol. The first-order valence-corrected chi connectivity index (χ1v) is 10.1. The average Bonchev–Trinajstić information content (AvgIpc) is 2.51. The van der Waals surface area contributed by atoms with Crippen LogP contribution in [0, 0.1) is 11.8 Å². The molecule has 2 rings (SSSR count). The number of nitrogens with zero attached hydrogens (tertiary/aromatic N) is 1. The minimum Gasteiger partial charge on any atom is -0.494 e. The van der Waals surface area contributed by atoms with E-state index < -0.39 is 10.0 Å². The van der Waals surface area contributed by atoms with E-state index in [-0.39, 0.29) is 0 Å². The largest absolute Gasteiger partial charge is 0.494 e. The lowest BCUT2D eigenvalue weighted by molar-refractivity contribution is 0.222. The molecule has 0 aliphatic carbocycles. The molecule has 0 aromatic heterocycles. The molecule has 0 spiro atoms. The van der Waals surface area contributed by atoms with Gasteiger partial charge in [-0.1, -0.05) is 33.6 Å². The Morgan fingerprint density at radius 3 is 2.26 bits per heavy atom. The molecule has 130 valence electrons. The van der Waals surface area contributed by atoms with E-state index in [4.69, 9.17) is 4.74 Å². The quantitative estimate of drug-likeness (QED) is 0.707. The summed E-state index contributed by atoms with van der Waals surface area (Å²) < 4.78 is 32.8. The Morgan fingerprint density at radius 1 is 1.09 bits per heavy atom. The Bertz CT molecular complexity index is 573. The van der Waals surface area contributed by atoms with E-state index in [1.807, 2.05) is 0 Å². The molecule has 2 atom stereocenters. The number of ether oxygens (including phenoxy) is 1. The van der Waals surface area contributed by atoms with Crippen molar-refractivity contribution >= 4 is 10.0 Å². The third-order valence-electron chi connectivity index (χ3n) is 4.31. The van der Waals surface area contributed by atoms with Crippen molar-refractivity contribution < 1.29 is 13.2 Å². The van der Waals surface area contributed by atoms with Crippen molar-refractivity contribution in [3.8, 4) is 5.75 Å². The molecule has 1 aliphatic rings. The molecule has 0 saturated carbocycles. The lowest BCUT2D eigenvalue weighted by Crippen LogP contribution is -2.42. The maximum absolute atomic E-state index is 12.8. The topological polar surface area (TPSA) is 46.6 Å². The smallest absolute Gasteiger partial charge is 0.243 e. The molecule has 1 fully saturated rings. The Kier molecular flexibility index (Phi) is 6.48. The molecule has 1 heterocycles. The van der Waals surface area contributed by atoms with Crippen molar-refractivity contribution in [2.24, 2.45) is 11.8 Å². The summed E-state index contributed by atoms with van der Waals surface area (Å²) in [5, 5.41) is 0. The Balaban J connectivity index is 2.02. The van der Waals surface area contributed by atoms with Gasteiger partial charge in [-0.2, -0.15) is 4.31 Å². The fourth-order valence-electron chi connectivity index (χ4n) is 3.20. The van der Waals surface area contributed by atoms with Crippen molar-refractivity contribution in [2.45, 2.75) is 51.3 Å². The summed E-state index contributed by atoms with van der Waals surface area (Å²) in [6.45, 7) is 8.30. The van der Waals surface area contributed by atoms with Crippen LogP contribution in [0.4, 0.5) is 0 Å². The van der Waals surface area contributed by atoms with Gasteiger partial charge >= 0.3 is 0 Å². The number of hydrogen-bond donors (Lipinski definition) is 0. The van der Waals surface area contributed by atoms with Gasteiger partial charge in [-0.25, -0.2) is 8.42 Å². The van der Waals surface area contributed by atoms with E-state index in [0.717, 1.165) is 31.4 Å². The standard InChI is InChI=1S/C18H29NO3S/c1-4-5-6-11-22-17-7-9-18(10-8-17)23(20,21)19-13-15(2)12-16(3)14-19/h7-10,15-16H,4-6,11-14H2,1-3H3. The Hall–Kier alpha value is -1.07. The molecule has 0 amide bonds. The van der Waals surface area contributed by atoms with Gasteiger partial charge in [0.25, 0.3) is 0 Å². The molecule has 2 unspecified atom stereocenters. The van der Waals surface area contributed by atoms with Crippen LogP contribution in [0.3, 0.4) is 0 Å². The molecule has 1 aromatic rings. The highest BCUT2D eigenvalue weighted by atomic mass is 32.2. The SMILES string of the molecule is CCCCCOc1ccc(S(=O)(=O)N2CC(C)CC(C)C2)cc1. The molecule has 5 heteroatoms. The Labute approximate surface area is 140 Å². The van der Waals surface area contributed by atoms with Gasteiger partial charge in [0.2, 0.25) is 10.0 Å². The lowest BCUT2D eigenvalue weighted by atomic mass is 9.94. The van der Waals surface area contributed by atoms with E-state index in [1.165, 1.54) is 0 Å². The van der Waals surface area contributed by atoms with Gasteiger partial charge in [-0.15, -0.1) is 0 Å². The number of hydrogen-bond acceptors (Lipinski definition) is 3. The second-order valence-electron chi connectivity index (χ2n) is 6.80. The number of unbranched alkanes of at least 4 members (excludes halogenated alkanes) is 2. The van der Waals surface area contributed by atoms with Crippen LogP contribution in [0.5, 0.6) is 5.75 Å². The van der Waals surface area contributed by atoms with E-state index in [2.05, 4.69) is 20.8 Å². The van der Waals surface area contributed by atoms with Gasteiger partial charge in [0.05, 0.1) is 11.5 Å². The van der Waals surface area contributed by atoms with Crippen LogP contribution in [0.1, 0.15) is 46.5 Å². The van der Waals surface area contributed by atoms with E-state index >= 15 is 0 Å². The minimum atomic E-state index is -3.40. The van der Waals surface area contributed by atoms with Gasteiger partial charge in [0, 0.05) is 13.1 Å². The molecule has 1 aliphatic heterocycles. The van der Waals surface area contributed by atoms with Crippen molar-refractivity contribution in [1.82, 2.24) is 4.31 Å². The van der Waals surface area contributed by atoms with Crippen LogP contribution < -0.4 is 4.74 Å². The highest BCUT2D eigenvalue weighted by Gasteiger charge is 2.31. The zero-order valence-corrected chi connectivity index (χ0v) is 15.3. The first-order chi connectivity index (χ1) is 10.9. The van der Waals surface area contributed by atoms with Gasteiger partial charge in [0.15, 0.2) is 0 Å². The molecule has 4 nitrogen and oxygen atoms in total. The normalized spacial score (nSPS) is 22.9. The van der Waals surface area contributed by atoms with Crippen LogP contribution >= 0.6 is 0 Å². The summed E-state index contributed by atoms with van der Waals surface area (Å²) in [7, 11) is -3.40. The predicted octanol–water partition coefficient (Wildman–Crippen LogP) is 3.92. The van der Waals surface area contributed by atoms with Crippen LogP contribution in [0.25, 0.3) is 0 Å². The molecular weight excluding hydrogens is 310 g/mol. The minimum absolute atomic E-state index is 0.361. The monoisotopic (exact) mass is 339 g/mol. The summed E-state index contributed by atoms with van der Waals surface area (Å²) >= 11 is 0.